The lowest BCUT2D eigenvalue weighted by Gasteiger charge is -2.17. The van der Waals surface area contributed by atoms with Crippen molar-refractivity contribution in [3.05, 3.63) is 58.1 Å². The third kappa shape index (κ3) is 3.60. The molecule has 0 unspecified atom stereocenters. The number of benzene rings is 2. The number of carbonyl (C=O) groups excluding carboxylic acids is 1. The summed E-state index contributed by atoms with van der Waals surface area (Å²) < 4.78 is 11.5. The van der Waals surface area contributed by atoms with Gasteiger partial charge in [-0.3, -0.25) is 4.79 Å². The van der Waals surface area contributed by atoms with Gasteiger partial charge in [-0.2, -0.15) is 0 Å². The van der Waals surface area contributed by atoms with E-state index < -0.39 is 0 Å². The molecule has 1 amide bonds. The summed E-state index contributed by atoms with van der Waals surface area (Å²) in [5.74, 6) is 0.740. The third-order valence-corrected chi connectivity index (χ3v) is 3.90. The predicted molar refractivity (Wildman–Crippen MR) is 89.6 cm³/mol. The van der Waals surface area contributed by atoms with Crippen molar-refractivity contribution in [1.29, 1.82) is 0 Å². The first-order chi connectivity index (χ1) is 10.6. The van der Waals surface area contributed by atoms with E-state index in [4.69, 9.17) is 9.47 Å². The van der Waals surface area contributed by atoms with Crippen LogP contribution in [0.1, 0.15) is 28.9 Å². The van der Waals surface area contributed by atoms with E-state index in [2.05, 4.69) is 21.2 Å². The van der Waals surface area contributed by atoms with E-state index in [1.54, 1.807) is 18.2 Å². The highest BCUT2D eigenvalue weighted by molar-refractivity contribution is 9.10. The van der Waals surface area contributed by atoms with Crippen molar-refractivity contribution in [2.45, 2.75) is 13.0 Å². The lowest BCUT2D eigenvalue weighted by Crippen LogP contribution is -2.27. The molecule has 0 heterocycles. The quantitative estimate of drug-likeness (QED) is 0.874. The molecule has 0 aliphatic carbocycles. The number of halogens is 1. The van der Waals surface area contributed by atoms with Gasteiger partial charge in [0.2, 0.25) is 0 Å². The Morgan fingerprint density at radius 1 is 1.05 bits per heavy atom. The van der Waals surface area contributed by atoms with E-state index >= 15 is 0 Å². The maximum Gasteiger partial charge on any atom is 0.259 e. The number of methoxy groups -OCH3 is 2. The minimum Gasteiger partial charge on any atom is -0.496 e. The lowest BCUT2D eigenvalue weighted by molar-refractivity contribution is 0.0933. The van der Waals surface area contributed by atoms with Crippen LogP contribution in [-0.2, 0) is 0 Å². The van der Waals surface area contributed by atoms with Crippen LogP contribution >= 0.6 is 15.9 Å². The molecule has 2 aromatic rings. The molecule has 0 saturated carbocycles. The van der Waals surface area contributed by atoms with E-state index in [0.717, 1.165) is 10.0 Å². The van der Waals surface area contributed by atoms with E-state index in [1.807, 2.05) is 31.2 Å². The fourth-order valence-corrected chi connectivity index (χ4v) is 2.44. The molecule has 4 nitrogen and oxygen atoms in total. The molecular formula is C17H18BrNO3. The van der Waals surface area contributed by atoms with Gasteiger partial charge in [-0.1, -0.05) is 34.1 Å². The van der Waals surface area contributed by atoms with Crippen LogP contribution in [-0.4, -0.2) is 20.1 Å². The number of hydrogen-bond acceptors (Lipinski definition) is 3. The van der Waals surface area contributed by atoms with E-state index in [0.29, 0.717) is 17.1 Å². The first-order valence-corrected chi connectivity index (χ1v) is 7.63. The number of rotatable bonds is 5. The second-order valence-corrected chi connectivity index (χ2v) is 5.70. The number of amides is 1. The van der Waals surface area contributed by atoms with Gasteiger partial charge < -0.3 is 14.8 Å². The molecule has 22 heavy (non-hydrogen) atoms. The van der Waals surface area contributed by atoms with Crippen molar-refractivity contribution < 1.29 is 14.3 Å². The van der Waals surface area contributed by atoms with Crippen molar-refractivity contribution >= 4 is 21.8 Å². The average Bonchev–Trinajstić information content (AvgIpc) is 2.54. The Labute approximate surface area is 138 Å². The van der Waals surface area contributed by atoms with Crippen LogP contribution in [0.3, 0.4) is 0 Å². The summed E-state index contributed by atoms with van der Waals surface area (Å²) in [6.45, 7) is 1.93. The molecule has 116 valence electrons. The van der Waals surface area contributed by atoms with Crippen LogP contribution < -0.4 is 14.8 Å². The monoisotopic (exact) mass is 363 g/mol. The van der Waals surface area contributed by atoms with Crippen molar-refractivity contribution in [2.75, 3.05) is 14.2 Å². The molecule has 5 heteroatoms. The molecule has 2 rings (SSSR count). The second kappa shape index (κ2) is 7.31. The average molecular weight is 364 g/mol. The zero-order chi connectivity index (χ0) is 16.1. The molecule has 0 saturated heterocycles. The summed E-state index contributed by atoms with van der Waals surface area (Å²) in [6.07, 6.45) is 0. The van der Waals surface area contributed by atoms with Crippen molar-refractivity contribution in [3.63, 3.8) is 0 Å². The molecule has 1 atom stereocenters. The topological polar surface area (TPSA) is 47.6 Å². The lowest BCUT2D eigenvalue weighted by atomic mass is 10.1. The fraction of sp³-hybridized carbons (Fsp3) is 0.235. The first-order valence-electron chi connectivity index (χ1n) is 6.84. The van der Waals surface area contributed by atoms with Gasteiger partial charge in [0.15, 0.2) is 0 Å². The molecule has 0 aliphatic rings. The van der Waals surface area contributed by atoms with Gasteiger partial charge in [0.05, 0.1) is 20.3 Å². The van der Waals surface area contributed by atoms with Crippen molar-refractivity contribution in [1.82, 2.24) is 5.32 Å². The smallest absolute Gasteiger partial charge is 0.259 e. The number of carbonyl (C=O) groups is 1. The highest BCUT2D eigenvalue weighted by Crippen LogP contribution is 2.28. The normalized spacial score (nSPS) is 11.6. The standard InChI is InChI=1S/C17H18BrNO3/c1-11(12-7-9-13(18)10-8-12)19-17(20)16-14(21-2)5-4-6-15(16)22-3/h4-11H,1-3H3,(H,19,20)/t11-/m1/s1. The summed E-state index contributed by atoms with van der Waals surface area (Å²) >= 11 is 3.40. The van der Waals surface area contributed by atoms with Crippen molar-refractivity contribution in [2.24, 2.45) is 0 Å². The van der Waals surface area contributed by atoms with E-state index in [1.165, 1.54) is 14.2 Å². The van der Waals surface area contributed by atoms with Crippen LogP contribution in [0.5, 0.6) is 11.5 Å². The molecule has 0 aliphatic heterocycles. The molecule has 0 bridgehead atoms. The van der Waals surface area contributed by atoms with Gasteiger partial charge in [0, 0.05) is 4.47 Å². The maximum absolute atomic E-state index is 12.6. The molecule has 1 N–H and O–H groups in total. The Hall–Kier alpha value is -2.01. The number of ether oxygens (including phenoxy) is 2. The highest BCUT2D eigenvalue weighted by atomic mass is 79.9. The molecule has 0 fully saturated rings. The first kappa shape index (κ1) is 16.4. The van der Waals surface area contributed by atoms with Crippen LogP contribution in [0.4, 0.5) is 0 Å². The summed E-state index contributed by atoms with van der Waals surface area (Å²) in [4.78, 5) is 12.6. The Morgan fingerprint density at radius 3 is 2.09 bits per heavy atom. The van der Waals surface area contributed by atoms with Gasteiger partial charge in [-0.25, -0.2) is 0 Å². The molecular weight excluding hydrogens is 346 g/mol. The molecule has 0 spiro atoms. The van der Waals surface area contributed by atoms with Gasteiger partial charge in [-0.05, 0) is 36.8 Å². The van der Waals surface area contributed by atoms with Crippen LogP contribution in [0.15, 0.2) is 46.9 Å². The van der Waals surface area contributed by atoms with Crippen molar-refractivity contribution in [3.8, 4) is 11.5 Å². The zero-order valence-electron chi connectivity index (χ0n) is 12.7. The van der Waals surface area contributed by atoms with Crippen LogP contribution in [0.25, 0.3) is 0 Å². The zero-order valence-corrected chi connectivity index (χ0v) is 14.3. The largest absolute Gasteiger partial charge is 0.496 e. The minimum absolute atomic E-state index is 0.129. The maximum atomic E-state index is 12.6. The van der Waals surface area contributed by atoms with Gasteiger partial charge >= 0.3 is 0 Å². The fourth-order valence-electron chi connectivity index (χ4n) is 2.18. The summed E-state index contributed by atoms with van der Waals surface area (Å²) in [7, 11) is 3.06. The highest BCUT2D eigenvalue weighted by Gasteiger charge is 2.20. The Bertz CT molecular complexity index is 633. The van der Waals surface area contributed by atoms with Crippen LogP contribution in [0, 0.1) is 0 Å². The van der Waals surface area contributed by atoms with E-state index in [9.17, 15) is 4.79 Å². The Balaban J connectivity index is 2.23. The second-order valence-electron chi connectivity index (χ2n) is 4.78. The summed E-state index contributed by atoms with van der Waals surface area (Å²) in [5.41, 5.74) is 1.42. The van der Waals surface area contributed by atoms with Gasteiger partial charge in [-0.15, -0.1) is 0 Å². The van der Waals surface area contributed by atoms with E-state index in [-0.39, 0.29) is 11.9 Å². The molecule has 0 radical (unpaired) electrons. The molecule has 2 aromatic carbocycles. The molecule has 0 aromatic heterocycles. The number of hydrogen-bond donors (Lipinski definition) is 1. The summed E-state index contributed by atoms with van der Waals surface area (Å²) in [6, 6.07) is 13.0. The van der Waals surface area contributed by atoms with Gasteiger partial charge in [0.1, 0.15) is 17.1 Å². The third-order valence-electron chi connectivity index (χ3n) is 3.37. The minimum atomic E-state index is -0.232. The van der Waals surface area contributed by atoms with Crippen LogP contribution in [0.2, 0.25) is 0 Å². The predicted octanol–water partition coefficient (Wildman–Crippen LogP) is 3.96. The Kier molecular flexibility index (Phi) is 5.44. The SMILES string of the molecule is COc1cccc(OC)c1C(=O)N[C@H](C)c1ccc(Br)cc1. The Morgan fingerprint density at radius 2 is 1.59 bits per heavy atom. The summed E-state index contributed by atoms with van der Waals surface area (Å²) in [5, 5.41) is 2.97. The van der Waals surface area contributed by atoms with Gasteiger partial charge in [0.25, 0.3) is 5.91 Å². The number of nitrogens with one attached hydrogen (secondary N) is 1.